The zero-order chi connectivity index (χ0) is 16.5. The molecule has 3 N–H and O–H groups in total. The van der Waals surface area contributed by atoms with Crippen LogP contribution >= 0.6 is 23.2 Å². The third-order valence-electron chi connectivity index (χ3n) is 2.74. The number of hydrogen-bond acceptors (Lipinski definition) is 3. The highest BCUT2D eigenvalue weighted by Gasteiger charge is 2.24. The maximum Gasteiger partial charge on any atom is 0.404 e. The van der Waals surface area contributed by atoms with Crippen molar-refractivity contribution in [1.29, 1.82) is 0 Å². The topological polar surface area (TPSA) is 91.3 Å². The number of pyridine rings is 1. The predicted molar refractivity (Wildman–Crippen MR) is 85.7 cm³/mol. The van der Waals surface area contributed by atoms with Crippen molar-refractivity contribution in [3.05, 3.63) is 28.0 Å². The van der Waals surface area contributed by atoms with Crippen molar-refractivity contribution in [3.63, 3.8) is 0 Å². The Bertz CT molecular complexity index is 502. The van der Waals surface area contributed by atoms with Crippen LogP contribution in [0.25, 0.3) is 0 Å². The van der Waals surface area contributed by atoms with Gasteiger partial charge in [-0.2, -0.15) is 0 Å². The van der Waals surface area contributed by atoms with Crippen LogP contribution in [0.3, 0.4) is 0 Å². The third-order valence-corrected chi connectivity index (χ3v) is 3.13. The molecule has 0 atom stereocenters. The van der Waals surface area contributed by atoms with Gasteiger partial charge in [0, 0.05) is 18.2 Å². The number of aromatic nitrogens is 1. The second-order valence-electron chi connectivity index (χ2n) is 4.83. The third kappa shape index (κ3) is 8.05. The summed E-state index contributed by atoms with van der Waals surface area (Å²) in [6.07, 6.45) is 3.13. The lowest BCUT2D eigenvalue weighted by atomic mass is 10.2. The van der Waals surface area contributed by atoms with Gasteiger partial charge in [-0.25, -0.2) is 9.78 Å². The molecule has 1 saturated carbocycles. The molecule has 0 spiro atoms. The fourth-order valence-corrected chi connectivity index (χ4v) is 1.92. The summed E-state index contributed by atoms with van der Waals surface area (Å²) in [7, 11) is 0. The molecule has 0 unspecified atom stereocenters. The van der Waals surface area contributed by atoms with Crippen LogP contribution in [0, 0.1) is 0 Å². The summed E-state index contributed by atoms with van der Waals surface area (Å²) in [6, 6.07) is 3.34. The van der Waals surface area contributed by atoms with Crippen LogP contribution in [-0.4, -0.2) is 34.7 Å². The summed E-state index contributed by atoms with van der Waals surface area (Å²) in [6.45, 7) is 2.59. The highest BCUT2D eigenvalue weighted by Crippen LogP contribution is 2.20. The molecule has 2 rings (SSSR count). The summed E-state index contributed by atoms with van der Waals surface area (Å²) in [4.78, 5) is 25.1. The Kier molecular flexibility index (Phi) is 7.98. The molecule has 1 aromatic heterocycles. The number of carboxylic acid groups (broad SMARTS) is 1. The van der Waals surface area contributed by atoms with Crippen LogP contribution in [0.4, 0.5) is 4.79 Å². The van der Waals surface area contributed by atoms with Gasteiger partial charge in [0.1, 0.15) is 10.3 Å². The molecule has 6 nitrogen and oxygen atoms in total. The van der Waals surface area contributed by atoms with Crippen LogP contribution in [-0.2, 0) is 0 Å². The quantitative estimate of drug-likeness (QED) is 0.562. The fraction of sp³-hybridized carbons (Fsp3) is 0.500. The van der Waals surface area contributed by atoms with Gasteiger partial charge in [-0.15, -0.1) is 0 Å². The van der Waals surface area contributed by atoms with Crippen molar-refractivity contribution < 1.29 is 14.7 Å². The first kappa shape index (κ1) is 18.5. The Morgan fingerprint density at radius 2 is 1.91 bits per heavy atom. The molecule has 0 saturated heterocycles. The Balaban J connectivity index is 0.000000261. The fourth-order valence-electron chi connectivity index (χ4n) is 1.46. The van der Waals surface area contributed by atoms with Gasteiger partial charge in [-0.1, -0.05) is 36.5 Å². The van der Waals surface area contributed by atoms with Crippen molar-refractivity contribution in [3.8, 4) is 0 Å². The molecule has 22 heavy (non-hydrogen) atoms. The smallest absolute Gasteiger partial charge is 0.404 e. The number of carbonyl (C=O) groups excluding carboxylic acids is 1. The van der Waals surface area contributed by atoms with E-state index < -0.39 is 6.09 Å². The molecule has 1 aliphatic rings. The van der Waals surface area contributed by atoms with Crippen LogP contribution < -0.4 is 10.6 Å². The lowest BCUT2D eigenvalue weighted by molar-refractivity contribution is 0.0951. The number of carbonyl (C=O) groups is 2. The number of amides is 2. The van der Waals surface area contributed by atoms with E-state index in [1.165, 1.54) is 12.1 Å². The molecule has 1 aliphatic carbocycles. The van der Waals surface area contributed by atoms with Crippen molar-refractivity contribution in [2.75, 3.05) is 6.54 Å². The first-order valence-electron chi connectivity index (χ1n) is 7.03. The van der Waals surface area contributed by atoms with E-state index in [9.17, 15) is 9.59 Å². The maximum atomic E-state index is 11.5. The minimum atomic E-state index is -0.932. The number of nitrogens with one attached hydrogen (secondary N) is 2. The van der Waals surface area contributed by atoms with Crippen LogP contribution in [0.15, 0.2) is 12.1 Å². The highest BCUT2D eigenvalue weighted by atomic mass is 35.5. The summed E-state index contributed by atoms with van der Waals surface area (Å²) >= 11 is 11.3. The first-order valence-corrected chi connectivity index (χ1v) is 7.78. The minimum Gasteiger partial charge on any atom is -0.465 e. The van der Waals surface area contributed by atoms with E-state index in [4.69, 9.17) is 28.3 Å². The second kappa shape index (κ2) is 9.48. The van der Waals surface area contributed by atoms with Crippen molar-refractivity contribution in [2.45, 2.75) is 38.6 Å². The predicted octanol–water partition coefficient (Wildman–Crippen LogP) is 3.33. The lowest BCUT2D eigenvalue weighted by Gasteiger charge is -2.03. The van der Waals surface area contributed by atoms with E-state index in [0.29, 0.717) is 18.2 Å². The van der Waals surface area contributed by atoms with E-state index in [0.717, 1.165) is 25.7 Å². The molecule has 0 aromatic carbocycles. The highest BCUT2D eigenvalue weighted by molar-refractivity contribution is 6.33. The number of hydrogen-bond donors (Lipinski definition) is 3. The van der Waals surface area contributed by atoms with E-state index in [1.807, 2.05) is 6.92 Å². The van der Waals surface area contributed by atoms with Gasteiger partial charge in [0.05, 0.1) is 0 Å². The first-order chi connectivity index (χ1) is 10.4. The molecule has 8 heteroatoms. The summed E-state index contributed by atoms with van der Waals surface area (Å²) in [5.74, 6) is -0.140. The Morgan fingerprint density at radius 1 is 1.32 bits per heavy atom. The van der Waals surface area contributed by atoms with Crippen molar-refractivity contribution >= 4 is 35.2 Å². The van der Waals surface area contributed by atoms with Crippen LogP contribution in [0.1, 0.15) is 43.0 Å². The number of unbranched alkanes of at least 4 members (excludes halogenated alkanes) is 1. The SMILES string of the molecule is CCCCNC(=O)O.O=C(NC1CC1)c1cc(Cl)nc(Cl)c1. The normalized spacial score (nSPS) is 12.9. The average molecular weight is 348 g/mol. The standard InChI is InChI=1S/C9H8Cl2N2O.C5H11NO2/c10-7-3-5(4-8(11)13-7)9(14)12-6-1-2-6;1-2-3-4-6-5(7)8/h3-4,6H,1-2H2,(H,12,14);6H,2-4H2,1H3,(H,7,8). The van der Waals surface area contributed by atoms with Gasteiger partial charge in [-0.3, -0.25) is 4.79 Å². The number of halogens is 2. The largest absolute Gasteiger partial charge is 0.465 e. The second-order valence-corrected chi connectivity index (χ2v) is 5.61. The molecule has 122 valence electrons. The van der Waals surface area contributed by atoms with Crippen LogP contribution in [0.2, 0.25) is 10.3 Å². The van der Waals surface area contributed by atoms with Gasteiger partial charge in [0.15, 0.2) is 0 Å². The zero-order valence-electron chi connectivity index (χ0n) is 12.2. The minimum absolute atomic E-state index is 0.140. The number of nitrogens with zero attached hydrogens (tertiary/aromatic N) is 1. The Morgan fingerprint density at radius 3 is 2.36 bits per heavy atom. The maximum absolute atomic E-state index is 11.5. The lowest BCUT2D eigenvalue weighted by Crippen LogP contribution is -2.25. The van der Waals surface area contributed by atoms with E-state index in [-0.39, 0.29) is 16.2 Å². The van der Waals surface area contributed by atoms with Gasteiger partial charge < -0.3 is 15.7 Å². The molecule has 1 aromatic rings. The van der Waals surface area contributed by atoms with Gasteiger partial charge >= 0.3 is 6.09 Å². The molecule has 0 radical (unpaired) electrons. The van der Waals surface area contributed by atoms with E-state index in [2.05, 4.69) is 15.6 Å². The monoisotopic (exact) mass is 347 g/mol. The van der Waals surface area contributed by atoms with Gasteiger partial charge in [-0.05, 0) is 31.4 Å². The molecular weight excluding hydrogens is 329 g/mol. The summed E-state index contributed by atoms with van der Waals surface area (Å²) in [5.41, 5.74) is 0.460. The number of rotatable bonds is 5. The van der Waals surface area contributed by atoms with E-state index in [1.54, 1.807) is 0 Å². The van der Waals surface area contributed by atoms with Crippen LogP contribution in [0.5, 0.6) is 0 Å². The summed E-state index contributed by atoms with van der Waals surface area (Å²) < 4.78 is 0. The van der Waals surface area contributed by atoms with E-state index >= 15 is 0 Å². The summed E-state index contributed by atoms with van der Waals surface area (Å²) in [5, 5.41) is 13.6. The molecule has 0 bridgehead atoms. The Labute approximate surface area is 139 Å². The van der Waals surface area contributed by atoms with Crippen molar-refractivity contribution in [1.82, 2.24) is 15.6 Å². The molecule has 0 aliphatic heterocycles. The van der Waals surface area contributed by atoms with Gasteiger partial charge in [0.25, 0.3) is 5.91 Å². The average Bonchev–Trinajstić information content (AvgIpc) is 3.22. The molecule has 1 fully saturated rings. The molecule has 2 amide bonds. The zero-order valence-corrected chi connectivity index (χ0v) is 13.7. The Hall–Kier alpha value is -1.53. The van der Waals surface area contributed by atoms with Crippen molar-refractivity contribution in [2.24, 2.45) is 0 Å². The van der Waals surface area contributed by atoms with Gasteiger partial charge in [0.2, 0.25) is 0 Å². The molecule has 1 heterocycles. The molecular formula is C14H19Cl2N3O3.